The van der Waals surface area contributed by atoms with Crippen LogP contribution in [-0.4, -0.2) is 23.7 Å². The Labute approximate surface area is 111 Å². The topological polar surface area (TPSA) is 94.0 Å². The van der Waals surface area contributed by atoms with Gasteiger partial charge in [0.15, 0.2) is 15.8 Å². The van der Waals surface area contributed by atoms with Crippen molar-refractivity contribution in [3.8, 4) is 0 Å². The van der Waals surface area contributed by atoms with Crippen LogP contribution in [0.15, 0.2) is 28.0 Å². The third-order valence-corrected chi connectivity index (χ3v) is 3.99. The molecular weight excluding hydrogens is 270 g/mol. The summed E-state index contributed by atoms with van der Waals surface area (Å²) in [7, 11) is 0. The number of fused-ring (bicyclic) bond motifs is 1. The Morgan fingerprint density at radius 1 is 1.44 bits per heavy atom. The molecule has 0 fully saturated rings. The predicted molar refractivity (Wildman–Crippen MR) is 69.6 cm³/mol. The summed E-state index contributed by atoms with van der Waals surface area (Å²) in [5.41, 5.74) is 3.30. The first-order chi connectivity index (χ1) is 8.76. The van der Waals surface area contributed by atoms with Gasteiger partial charge in [0.2, 0.25) is 0 Å². The second-order valence-corrected chi connectivity index (χ2v) is 5.43. The van der Waals surface area contributed by atoms with Crippen LogP contribution in [0.3, 0.4) is 0 Å². The Balaban J connectivity index is 2.06. The van der Waals surface area contributed by atoms with Crippen LogP contribution in [0.25, 0.3) is 5.65 Å². The van der Waals surface area contributed by atoms with E-state index in [4.69, 9.17) is 5.84 Å². The highest BCUT2D eigenvalue weighted by molar-refractivity contribution is 8.01. The molecule has 0 aliphatic heterocycles. The number of nitrogen functional groups attached to an aromatic ring is 1. The summed E-state index contributed by atoms with van der Waals surface area (Å²) in [5.74, 6) is 6.73. The van der Waals surface area contributed by atoms with Crippen molar-refractivity contribution in [2.45, 2.75) is 16.3 Å². The van der Waals surface area contributed by atoms with Crippen LogP contribution in [-0.2, 0) is 0 Å². The summed E-state index contributed by atoms with van der Waals surface area (Å²) >= 11 is 2.77. The highest BCUT2D eigenvalue weighted by Gasteiger charge is 2.11. The highest BCUT2D eigenvalue weighted by atomic mass is 32.2. The standard InChI is InChI=1S/C9H9N7S2/c1-5-12-9(18-15-5)17-8-7-11-2-3-16(7)4-6(13-8)14-10/h2-4,14H,10H2,1H3. The lowest BCUT2D eigenvalue weighted by Crippen LogP contribution is -2.10. The quantitative estimate of drug-likeness (QED) is 0.551. The lowest BCUT2D eigenvalue weighted by atomic mass is 10.6. The number of nitrogens with zero attached hydrogens (tertiary/aromatic N) is 5. The SMILES string of the molecule is Cc1nsc(Sc2nc(NN)cn3ccnc23)n1. The number of aryl methyl sites for hydroxylation is 1. The van der Waals surface area contributed by atoms with Crippen molar-refractivity contribution in [1.29, 1.82) is 0 Å². The Kier molecular flexibility index (Phi) is 2.86. The normalized spacial score (nSPS) is 11.0. The molecule has 18 heavy (non-hydrogen) atoms. The largest absolute Gasteiger partial charge is 0.307 e. The van der Waals surface area contributed by atoms with E-state index in [1.807, 2.05) is 17.5 Å². The van der Waals surface area contributed by atoms with Crippen molar-refractivity contribution in [2.75, 3.05) is 5.43 Å². The molecular formula is C9H9N7S2. The molecule has 0 bridgehead atoms. The number of aromatic nitrogens is 5. The molecule has 0 saturated heterocycles. The van der Waals surface area contributed by atoms with Crippen LogP contribution in [0.5, 0.6) is 0 Å². The molecule has 0 unspecified atom stereocenters. The number of rotatable bonds is 3. The molecule has 0 aliphatic carbocycles. The predicted octanol–water partition coefficient (Wildman–Crippen LogP) is 1.33. The molecule has 92 valence electrons. The van der Waals surface area contributed by atoms with Gasteiger partial charge in [-0.1, -0.05) is 0 Å². The highest BCUT2D eigenvalue weighted by Crippen LogP contribution is 2.30. The third kappa shape index (κ3) is 2.03. The van der Waals surface area contributed by atoms with E-state index in [1.54, 1.807) is 12.4 Å². The number of imidazole rings is 1. The van der Waals surface area contributed by atoms with Gasteiger partial charge in [-0.2, -0.15) is 4.37 Å². The Morgan fingerprint density at radius 3 is 3.06 bits per heavy atom. The molecule has 7 nitrogen and oxygen atoms in total. The second kappa shape index (κ2) is 4.52. The molecule has 9 heteroatoms. The number of hydrazine groups is 1. The van der Waals surface area contributed by atoms with Crippen LogP contribution in [0.2, 0.25) is 0 Å². The van der Waals surface area contributed by atoms with Gasteiger partial charge in [0.1, 0.15) is 10.9 Å². The molecule has 3 aromatic heterocycles. The summed E-state index contributed by atoms with van der Waals surface area (Å²) in [5, 5.41) is 0.742. The third-order valence-electron chi connectivity index (χ3n) is 2.18. The molecule has 0 aliphatic rings. The zero-order valence-corrected chi connectivity index (χ0v) is 11.0. The number of hydrogen-bond acceptors (Lipinski definition) is 8. The van der Waals surface area contributed by atoms with Gasteiger partial charge in [0.05, 0.1) is 6.20 Å². The van der Waals surface area contributed by atoms with E-state index in [0.717, 1.165) is 20.8 Å². The molecule has 3 rings (SSSR count). The summed E-state index contributed by atoms with van der Waals surface area (Å²) in [6, 6.07) is 0. The van der Waals surface area contributed by atoms with Gasteiger partial charge in [-0.3, -0.25) is 0 Å². The summed E-state index contributed by atoms with van der Waals surface area (Å²) in [6.45, 7) is 1.86. The maximum Gasteiger partial charge on any atom is 0.176 e. The molecule has 0 aromatic carbocycles. The second-order valence-electron chi connectivity index (χ2n) is 3.44. The molecule has 0 saturated carbocycles. The molecule has 3 heterocycles. The molecule has 0 radical (unpaired) electrons. The summed E-state index contributed by atoms with van der Waals surface area (Å²) in [4.78, 5) is 12.9. The van der Waals surface area contributed by atoms with Crippen LogP contribution in [0, 0.1) is 6.92 Å². The van der Waals surface area contributed by atoms with Gasteiger partial charge in [0.25, 0.3) is 0 Å². The molecule has 0 atom stereocenters. The zero-order chi connectivity index (χ0) is 12.5. The zero-order valence-electron chi connectivity index (χ0n) is 9.36. The monoisotopic (exact) mass is 279 g/mol. The molecule has 3 N–H and O–H groups in total. The van der Waals surface area contributed by atoms with Gasteiger partial charge in [-0.15, -0.1) is 0 Å². The first-order valence-electron chi connectivity index (χ1n) is 5.05. The first kappa shape index (κ1) is 11.4. The maximum absolute atomic E-state index is 5.40. The van der Waals surface area contributed by atoms with E-state index < -0.39 is 0 Å². The van der Waals surface area contributed by atoms with E-state index >= 15 is 0 Å². The van der Waals surface area contributed by atoms with E-state index in [1.165, 1.54) is 23.3 Å². The summed E-state index contributed by atoms with van der Waals surface area (Å²) < 4.78 is 6.83. The van der Waals surface area contributed by atoms with Crippen LogP contribution in [0.1, 0.15) is 5.82 Å². The minimum atomic E-state index is 0.573. The average molecular weight is 279 g/mol. The molecule has 0 spiro atoms. The van der Waals surface area contributed by atoms with Gasteiger partial charge in [0, 0.05) is 12.4 Å². The van der Waals surface area contributed by atoms with Gasteiger partial charge in [-0.05, 0) is 30.2 Å². The average Bonchev–Trinajstić information content (AvgIpc) is 2.98. The van der Waals surface area contributed by atoms with E-state index in [9.17, 15) is 0 Å². The van der Waals surface area contributed by atoms with Crippen LogP contribution >= 0.6 is 23.3 Å². The fourth-order valence-corrected chi connectivity index (χ4v) is 3.10. The Morgan fingerprint density at radius 2 is 2.33 bits per heavy atom. The maximum atomic E-state index is 5.40. The van der Waals surface area contributed by atoms with Crippen LogP contribution in [0.4, 0.5) is 5.82 Å². The fraction of sp³-hybridized carbons (Fsp3) is 0.111. The van der Waals surface area contributed by atoms with Crippen molar-refractivity contribution in [1.82, 2.24) is 23.7 Å². The number of anilines is 1. The number of nitrogens with one attached hydrogen (secondary N) is 1. The van der Waals surface area contributed by atoms with E-state index in [0.29, 0.717) is 5.82 Å². The number of nitrogens with two attached hydrogens (primary N) is 1. The Hall–Kier alpha value is -1.71. The van der Waals surface area contributed by atoms with Crippen LogP contribution < -0.4 is 11.3 Å². The fourth-order valence-electron chi connectivity index (χ4n) is 1.44. The van der Waals surface area contributed by atoms with E-state index in [-0.39, 0.29) is 0 Å². The number of hydrogen-bond donors (Lipinski definition) is 2. The molecule has 0 amide bonds. The van der Waals surface area contributed by atoms with Crippen molar-refractivity contribution in [3.63, 3.8) is 0 Å². The first-order valence-corrected chi connectivity index (χ1v) is 6.64. The minimum Gasteiger partial charge on any atom is -0.307 e. The molecule has 3 aromatic rings. The smallest absolute Gasteiger partial charge is 0.176 e. The van der Waals surface area contributed by atoms with Crippen molar-refractivity contribution in [2.24, 2.45) is 5.84 Å². The Bertz CT molecular complexity index is 689. The van der Waals surface area contributed by atoms with Gasteiger partial charge in [-0.25, -0.2) is 20.8 Å². The minimum absolute atomic E-state index is 0.573. The lowest BCUT2D eigenvalue weighted by molar-refractivity contribution is 1.02. The lowest BCUT2D eigenvalue weighted by Gasteiger charge is -2.04. The van der Waals surface area contributed by atoms with Crippen molar-refractivity contribution in [3.05, 3.63) is 24.4 Å². The van der Waals surface area contributed by atoms with Gasteiger partial charge >= 0.3 is 0 Å². The van der Waals surface area contributed by atoms with Crippen molar-refractivity contribution < 1.29 is 0 Å². The van der Waals surface area contributed by atoms with Crippen molar-refractivity contribution >= 4 is 34.8 Å². The summed E-state index contributed by atoms with van der Waals surface area (Å²) in [6.07, 6.45) is 5.33. The van der Waals surface area contributed by atoms with E-state index in [2.05, 4.69) is 24.8 Å². The van der Waals surface area contributed by atoms with Gasteiger partial charge < -0.3 is 9.83 Å².